The highest BCUT2D eigenvalue weighted by Crippen LogP contribution is 2.19. The van der Waals surface area contributed by atoms with Gasteiger partial charge < -0.3 is 14.2 Å². The van der Waals surface area contributed by atoms with Crippen molar-refractivity contribution in [3.8, 4) is 11.5 Å². The molecule has 1 fully saturated rings. The number of aromatic nitrogens is 2. The molecule has 0 unspecified atom stereocenters. The summed E-state index contributed by atoms with van der Waals surface area (Å²) in [7, 11) is 0. The molecule has 134 valence electrons. The van der Waals surface area contributed by atoms with Gasteiger partial charge in [-0.2, -0.15) is 0 Å². The van der Waals surface area contributed by atoms with Crippen LogP contribution >= 0.6 is 0 Å². The Labute approximate surface area is 154 Å². The lowest BCUT2D eigenvalue weighted by Crippen LogP contribution is -3.27. The second kappa shape index (κ2) is 7.81. The molecule has 0 radical (unpaired) electrons. The molecule has 2 aromatic carbocycles. The van der Waals surface area contributed by atoms with E-state index in [1.807, 2.05) is 30.3 Å². The Bertz CT molecular complexity index is 810. The van der Waals surface area contributed by atoms with E-state index in [1.165, 1.54) is 23.6 Å². The van der Waals surface area contributed by atoms with Gasteiger partial charge in [-0.15, -0.1) is 10.2 Å². The van der Waals surface area contributed by atoms with Crippen LogP contribution in [-0.4, -0.2) is 36.4 Å². The Kier molecular flexibility index (Phi) is 5.09. The van der Waals surface area contributed by atoms with E-state index in [-0.39, 0.29) is 6.04 Å². The molecule has 1 saturated heterocycles. The summed E-state index contributed by atoms with van der Waals surface area (Å²) >= 11 is 0. The molecule has 1 aliphatic rings. The Balaban J connectivity index is 1.35. The number of quaternary nitrogens is 2. The average Bonchev–Trinajstić information content (AvgIpc) is 3.20. The van der Waals surface area contributed by atoms with Gasteiger partial charge in [0.2, 0.25) is 5.89 Å². The van der Waals surface area contributed by atoms with Crippen LogP contribution in [0.4, 0.5) is 0 Å². The molecular weight excluding hydrogens is 324 g/mol. The molecule has 4 rings (SSSR count). The summed E-state index contributed by atoms with van der Waals surface area (Å²) < 4.78 is 5.96. The summed E-state index contributed by atoms with van der Waals surface area (Å²) in [6.45, 7) is 7.92. The Morgan fingerprint density at radius 3 is 2.23 bits per heavy atom. The number of rotatable bonds is 5. The summed E-state index contributed by atoms with van der Waals surface area (Å²) in [6.07, 6.45) is 0. The van der Waals surface area contributed by atoms with Crippen molar-refractivity contribution in [3.63, 3.8) is 0 Å². The predicted octanol–water partition coefficient (Wildman–Crippen LogP) is 0.781. The number of piperazine rings is 1. The minimum Gasteiger partial charge on any atom is -0.415 e. The first-order valence-electron chi connectivity index (χ1n) is 9.40. The van der Waals surface area contributed by atoms with Gasteiger partial charge in [-0.25, -0.2) is 0 Å². The number of benzene rings is 2. The van der Waals surface area contributed by atoms with Crippen molar-refractivity contribution < 1.29 is 14.2 Å². The normalized spacial score (nSPS) is 21.4. The molecule has 0 spiro atoms. The van der Waals surface area contributed by atoms with Crippen LogP contribution in [0.5, 0.6) is 0 Å². The van der Waals surface area contributed by atoms with Crippen molar-refractivity contribution in [1.82, 2.24) is 10.2 Å². The molecule has 26 heavy (non-hydrogen) atoms. The first-order valence-corrected chi connectivity index (χ1v) is 9.40. The monoisotopic (exact) mass is 350 g/mol. The summed E-state index contributed by atoms with van der Waals surface area (Å²) in [4.78, 5) is 3.19. The molecule has 1 aliphatic heterocycles. The van der Waals surface area contributed by atoms with E-state index in [0.717, 1.165) is 31.1 Å². The largest absolute Gasteiger partial charge is 0.415 e. The predicted molar refractivity (Wildman–Crippen MR) is 99.7 cm³/mol. The van der Waals surface area contributed by atoms with E-state index >= 15 is 0 Å². The van der Waals surface area contributed by atoms with Crippen molar-refractivity contribution in [3.05, 3.63) is 72.1 Å². The zero-order chi connectivity index (χ0) is 17.8. The van der Waals surface area contributed by atoms with Gasteiger partial charge >= 0.3 is 0 Å². The van der Waals surface area contributed by atoms with Gasteiger partial charge in [0, 0.05) is 11.1 Å². The maximum absolute atomic E-state index is 5.96. The first-order chi connectivity index (χ1) is 12.8. The molecule has 5 heteroatoms. The van der Waals surface area contributed by atoms with E-state index in [1.54, 1.807) is 4.90 Å². The Morgan fingerprint density at radius 1 is 0.885 bits per heavy atom. The molecule has 2 heterocycles. The fourth-order valence-corrected chi connectivity index (χ4v) is 3.70. The molecule has 0 aliphatic carbocycles. The quantitative estimate of drug-likeness (QED) is 0.715. The lowest BCUT2D eigenvalue weighted by Gasteiger charge is -2.32. The molecule has 1 aromatic heterocycles. The van der Waals surface area contributed by atoms with Crippen molar-refractivity contribution in [2.75, 3.05) is 26.2 Å². The summed E-state index contributed by atoms with van der Waals surface area (Å²) in [5, 5.41) is 8.55. The standard InChI is InChI=1S/C21H24N4O/c1-17(20-22-23-21(26-20)19-10-6-3-7-11-19)25-14-12-24(13-15-25)16-18-8-4-2-5-9-18/h2-11,17H,12-16H2,1H3/p+2/t17-/m1/s1. The van der Waals surface area contributed by atoms with Gasteiger partial charge in [-0.3, -0.25) is 0 Å². The number of hydrogen-bond acceptors (Lipinski definition) is 3. The van der Waals surface area contributed by atoms with Crippen molar-refractivity contribution in [1.29, 1.82) is 0 Å². The second-order valence-electron chi connectivity index (χ2n) is 7.10. The number of hydrogen-bond donors (Lipinski definition) is 2. The van der Waals surface area contributed by atoms with E-state index in [4.69, 9.17) is 4.42 Å². The first kappa shape index (κ1) is 16.9. The van der Waals surface area contributed by atoms with Crippen LogP contribution in [0.25, 0.3) is 11.5 Å². The minimum absolute atomic E-state index is 0.234. The number of nitrogens with zero attached hydrogens (tertiary/aromatic N) is 2. The van der Waals surface area contributed by atoms with E-state index in [0.29, 0.717) is 5.89 Å². The Hall–Kier alpha value is -2.50. The molecule has 0 bridgehead atoms. The third kappa shape index (κ3) is 3.84. The van der Waals surface area contributed by atoms with Gasteiger partial charge in [-0.05, 0) is 19.1 Å². The highest BCUT2D eigenvalue weighted by atomic mass is 16.4. The third-order valence-electron chi connectivity index (χ3n) is 5.34. The second-order valence-corrected chi connectivity index (χ2v) is 7.10. The van der Waals surface area contributed by atoms with Crippen LogP contribution in [0.3, 0.4) is 0 Å². The lowest BCUT2D eigenvalue weighted by atomic mass is 10.2. The minimum atomic E-state index is 0.234. The van der Waals surface area contributed by atoms with Crippen molar-refractivity contribution in [2.45, 2.75) is 19.5 Å². The van der Waals surface area contributed by atoms with Crippen LogP contribution in [0, 0.1) is 0 Å². The van der Waals surface area contributed by atoms with E-state index in [2.05, 4.69) is 47.5 Å². The average molecular weight is 350 g/mol. The summed E-state index contributed by atoms with van der Waals surface area (Å²) in [5.41, 5.74) is 2.40. The number of nitrogens with one attached hydrogen (secondary N) is 2. The summed E-state index contributed by atoms with van der Waals surface area (Å²) in [5.74, 6) is 1.35. The molecular formula is C21H26N4O+2. The molecule has 2 N–H and O–H groups in total. The van der Waals surface area contributed by atoms with Crippen LogP contribution < -0.4 is 9.80 Å². The highest BCUT2D eigenvalue weighted by molar-refractivity contribution is 5.51. The van der Waals surface area contributed by atoms with Crippen molar-refractivity contribution >= 4 is 0 Å². The van der Waals surface area contributed by atoms with Crippen LogP contribution in [0.2, 0.25) is 0 Å². The van der Waals surface area contributed by atoms with Gasteiger partial charge in [0.15, 0.2) is 6.04 Å². The molecule has 0 amide bonds. The topological polar surface area (TPSA) is 47.8 Å². The summed E-state index contributed by atoms with van der Waals surface area (Å²) in [6, 6.07) is 21.0. The fraction of sp³-hybridized carbons (Fsp3) is 0.333. The Morgan fingerprint density at radius 2 is 1.54 bits per heavy atom. The lowest BCUT2D eigenvalue weighted by molar-refractivity contribution is -1.03. The smallest absolute Gasteiger partial charge is 0.274 e. The maximum Gasteiger partial charge on any atom is 0.274 e. The van der Waals surface area contributed by atoms with E-state index < -0.39 is 0 Å². The zero-order valence-corrected chi connectivity index (χ0v) is 15.2. The molecule has 1 atom stereocenters. The van der Waals surface area contributed by atoms with Gasteiger partial charge in [-0.1, -0.05) is 48.5 Å². The van der Waals surface area contributed by atoms with Gasteiger partial charge in [0.05, 0.1) is 0 Å². The van der Waals surface area contributed by atoms with Crippen molar-refractivity contribution in [2.24, 2.45) is 0 Å². The van der Waals surface area contributed by atoms with Gasteiger partial charge in [0.25, 0.3) is 5.89 Å². The zero-order valence-electron chi connectivity index (χ0n) is 15.2. The van der Waals surface area contributed by atoms with Crippen LogP contribution in [0.15, 0.2) is 65.1 Å². The van der Waals surface area contributed by atoms with Crippen LogP contribution in [0.1, 0.15) is 24.4 Å². The van der Waals surface area contributed by atoms with E-state index in [9.17, 15) is 0 Å². The molecule has 3 aromatic rings. The maximum atomic E-state index is 5.96. The molecule has 5 nitrogen and oxygen atoms in total. The fourth-order valence-electron chi connectivity index (χ4n) is 3.70. The molecule has 0 saturated carbocycles. The third-order valence-corrected chi connectivity index (χ3v) is 5.34. The highest BCUT2D eigenvalue weighted by Gasteiger charge is 2.31. The SMILES string of the molecule is C[C@H](c1nnc(-c2ccccc2)o1)[NH+]1CC[NH+](Cc2ccccc2)CC1. The van der Waals surface area contributed by atoms with Gasteiger partial charge in [0.1, 0.15) is 32.7 Å². The van der Waals surface area contributed by atoms with Crippen LogP contribution in [-0.2, 0) is 6.54 Å².